The minimum absolute atomic E-state index is 0.115. The lowest BCUT2D eigenvalue weighted by molar-refractivity contribution is -0.274. The lowest BCUT2D eigenvalue weighted by Gasteiger charge is -2.08. The maximum atomic E-state index is 12.1. The molecule has 2 aromatic carbocycles. The van der Waals surface area contributed by atoms with Gasteiger partial charge in [-0.2, -0.15) is 4.98 Å². The molecule has 3 aromatic rings. The summed E-state index contributed by atoms with van der Waals surface area (Å²) in [4.78, 5) is 15.0. The number of ether oxygens (including phenoxy) is 1. The van der Waals surface area contributed by atoms with Crippen molar-refractivity contribution >= 4 is 5.97 Å². The number of carbonyl (C=O) groups is 1. The number of carboxylic acids is 1. The Kier molecular flexibility index (Phi) is 4.14. The molecule has 9 heteroatoms. The van der Waals surface area contributed by atoms with Crippen molar-refractivity contribution in [2.24, 2.45) is 0 Å². The van der Waals surface area contributed by atoms with Crippen LogP contribution in [0.25, 0.3) is 22.8 Å². The van der Waals surface area contributed by atoms with Crippen LogP contribution in [0, 0.1) is 0 Å². The second-order valence-electron chi connectivity index (χ2n) is 4.88. The van der Waals surface area contributed by atoms with E-state index >= 15 is 0 Å². The van der Waals surface area contributed by atoms with Crippen molar-refractivity contribution in [2.75, 3.05) is 0 Å². The fourth-order valence-electron chi connectivity index (χ4n) is 2.02. The van der Waals surface area contributed by atoms with Crippen LogP contribution in [0.4, 0.5) is 13.2 Å². The van der Waals surface area contributed by atoms with E-state index < -0.39 is 12.3 Å². The van der Waals surface area contributed by atoms with Gasteiger partial charge in [0.05, 0.1) is 5.56 Å². The Balaban J connectivity index is 1.80. The fraction of sp³-hybridized carbons (Fsp3) is 0.0625. The molecule has 0 aliphatic carbocycles. The normalized spacial score (nSPS) is 11.3. The molecule has 25 heavy (non-hydrogen) atoms. The van der Waals surface area contributed by atoms with E-state index in [9.17, 15) is 18.0 Å². The number of aromatic nitrogens is 2. The molecule has 0 atom stereocenters. The number of halogens is 3. The number of nitrogens with zero attached hydrogens (tertiary/aromatic N) is 2. The van der Waals surface area contributed by atoms with Crippen LogP contribution in [0.3, 0.4) is 0 Å². The number of carboxylic acid groups (broad SMARTS) is 1. The third-order valence-corrected chi connectivity index (χ3v) is 3.15. The third kappa shape index (κ3) is 3.94. The van der Waals surface area contributed by atoms with Crippen LogP contribution in [-0.4, -0.2) is 27.6 Å². The van der Waals surface area contributed by atoms with Gasteiger partial charge in [0.15, 0.2) is 0 Å². The highest BCUT2D eigenvalue weighted by molar-refractivity contribution is 5.88. The summed E-state index contributed by atoms with van der Waals surface area (Å²) in [5.41, 5.74) is 1.07. The SMILES string of the molecule is O=C(O)c1ccc(-c2nc(-c3ccc(OC(F)(F)F)cc3)no2)cc1. The molecule has 6 nitrogen and oxygen atoms in total. The average molecular weight is 350 g/mol. The van der Waals surface area contributed by atoms with E-state index in [0.29, 0.717) is 11.1 Å². The number of benzene rings is 2. The molecule has 0 unspecified atom stereocenters. The summed E-state index contributed by atoms with van der Waals surface area (Å²) in [6.45, 7) is 0. The molecule has 1 N–H and O–H groups in total. The largest absolute Gasteiger partial charge is 0.573 e. The molecule has 0 aliphatic rings. The van der Waals surface area contributed by atoms with Crippen molar-refractivity contribution < 1.29 is 32.3 Å². The zero-order valence-electron chi connectivity index (χ0n) is 12.3. The topological polar surface area (TPSA) is 85.5 Å². The van der Waals surface area contributed by atoms with Crippen molar-refractivity contribution in [3.8, 4) is 28.6 Å². The molecule has 128 valence electrons. The van der Waals surface area contributed by atoms with Crippen LogP contribution < -0.4 is 4.74 Å². The van der Waals surface area contributed by atoms with Crippen molar-refractivity contribution in [2.45, 2.75) is 6.36 Å². The van der Waals surface area contributed by atoms with Crippen LogP contribution in [0.1, 0.15) is 10.4 Å². The summed E-state index contributed by atoms with van der Waals surface area (Å²) in [5, 5.41) is 12.6. The monoisotopic (exact) mass is 350 g/mol. The van der Waals surface area contributed by atoms with Gasteiger partial charge in [0.1, 0.15) is 5.75 Å². The average Bonchev–Trinajstić information content (AvgIpc) is 3.04. The predicted octanol–water partition coefficient (Wildman–Crippen LogP) is 4.00. The van der Waals surface area contributed by atoms with Crippen LogP contribution >= 0.6 is 0 Å². The van der Waals surface area contributed by atoms with E-state index in [-0.39, 0.29) is 23.0 Å². The number of hydrogen-bond acceptors (Lipinski definition) is 5. The quantitative estimate of drug-likeness (QED) is 0.765. The summed E-state index contributed by atoms with van der Waals surface area (Å²) in [6.07, 6.45) is -4.76. The first kappa shape index (κ1) is 16.5. The summed E-state index contributed by atoms with van der Waals surface area (Å²) in [5.74, 6) is -1.08. The maximum absolute atomic E-state index is 12.1. The smallest absolute Gasteiger partial charge is 0.478 e. The van der Waals surface area contributed by atoms with Gasteiger partial charge in [-0.3, -0.25) is 0 Å². The van der Waals surface area contributed by atoms with Crippen molar-refractivity contribution in [3.05, 3.63) is 54.1 Å². The fourth-order valence-corrected chi connectivity index (χ4v) is 2.02. The standard InChI is InChI=1S/C16H9F3N2O4/c17-16(18,19)24-12-7-5-9(6-8-12)13-20-14(25-21-13)10-1-3-11(4-2-10)15(22)23/h1-8H,(H,22,23). The highest BCUT2D eigenvalue weighted by Gasteiger charge is 2.31. The first-order chi connectivity index (χ1) is 11.8. The molecular formula is C16H9F3N2O4. The lowest BCUT2D eigenvalue weighted by atomic mass is 10.1. The van der Waals surface area contributed by atoms with Gasteiger partial charge in [-0.1, -0.05) is 5.16 Å². The molecule has 0 saturated heterocycles. The number of hydrogen-bond donors (Lipinski definition) is 1. The Morgan fingerprint density at radius 2 is 1.60 bits per heavy atom. The zero-order chi connectivity index (χ0) is 18.0. The molecule has 3 rings (SSSR count). The first-order valence-corrected chi connectivity index (χ1v) is 6.85. The first-order valence-electron chi connectivity index (χ1n) is 6.85. The summed E-state index contributed by atoms with van der Waals surface area (Å²) >= 11 is 0. The van der Waals surface area contributed by atoms with Crippen molar-refractivity contribution in [3.63, 3.8) is 0 Å². The molecule has 0 spiro atoms. The Bertz CT molecular complexity index is 887. The minimum Gasteiger partial charge on any atom is -0.478 e. The summed E-state index contributed by atoms with van der Waals surface area (Å²) in [7, 11) is 0. The van der Waals surface area contributed by atoms with Crippen molar-refractivity contribution in [1.29, 1.82) is 0 Å². The molecule has 0 amide bonds. The van der Waals surface area contributed by atoms with Crippen LogP contribution in [0.2, 0.25) is 0 Å². The Morgan fingerprint density at radius 3 is 2.16 bits per heavy atom. The molecule has 1 heterocycles. The molecular weight excluding hydrogens is 341 g/mol. The number of alkyl halides is 3. The second kappa shape index (κ2) is 6.27. The van der Waals surface area contributed by atoms with Gasteiger partial charge in [0.25, 0.3) is 5.89 Å². The summed E-state index contributed by atoms with van der Waals surface area (Å²) < 4.78 is 45.3. The van der Waals surface area contributed by atoms with Gasteiger partial charge in [0.2, 0.25) is 5.82 Å². The van der Waals surface area contributed by atoms with E-state index in [1.54, 1.807) is 0 Å². The zero-order valence-corrected chi connectivity index (χ0v) is 12.3. The van der Waals surface area contributed by atoms with Gasteiger partial charge in [-0.25, -0.2) is 4.79 Å². The van der Waals surface area contributed by atoms with E-state index in [4.69, 9.17) is 9.63 Å². The molecule has 0 aliphatic heterocycles. The second-order valence-corrected chi connectivity index (χ2v) is 4.88. The molecule has 1 aromatic heterocycles. The van der Waals surface area contributed by atoms with E-state index in [1.807, 2.05) is 0 Å². The summed E-state index contributed by atoms with van der Waals surface area (Å²) in [6, 6.07) is 10.8. The molecule has 0 fully saturated rings. The van der Waals surface area contributed by atoms with Crippen LogP contribution in [0.5, 0.6) is 5.75 Å². The van der Waals surface area contributed by atoms with E-state index in [0.717, 1.165) is 12.1 Å². The predicted molar refractivity (Wildman–Crippen MR) is 78.8 cm³/mol. The minimum atomic E-state index is -4.76. The number of aromatic carboxylic acids is 1. The van der Waals surface area contributed by atoms with Gasteiger partial charge in [-0.15, -0.1) is 13.2 Å². The van der Waals surface area contributed by atoms with Gasteiger partial charge in [-0.05, 0) is 48.5 Å². The van der Waals surface area contributed by atoms with Gasteiger partial charge in [0, 0.05) is 11.1 Å². The van der Waals surface area contributed by atoms with Crippen LogP contribution in [0.15, 0.2) is 53.1 Å². The van der Waals surface area contributed by atoms with Crippen LogP contribution in [-0.2, 0) is 0 Å². The lowest BCUT2D eigenvalue weighted by Crippen LogP contribution is -2.16. The number of rotatable bonds is 4. The highest BCUT2D eigenvalue weighted by Crippen LogP contribution is 2.27. The molecule has 0 saturated carbocycles. The molecule has 0 bridgehead atoms. The Hall–Kier alpha value is -3.36. The maximum Gasteiger partial charge on any atom is 0.573 e. The molecule has 0 radical (unpaired) electrons. The Morgan fingerprint density at radius 1 is 1.00 bits per heavy atom. The van der Waals surface area contributed by atoms with Crippen molar-refractivity contribution in [1.82, 2.24) is 10.1 Å². The third-order valence-electron chi connectivity index (χ3n) is 3.15. The van der Waals surface area contributed by atoms with Gasteiger partial charge >= 0.3 is 12.3 Å². The van der Waals surface area contributed by atoms with E-state index in [2.05, 4.69) is 14.9 Å². The van der Waals surface area contributed by atoms with Gasteiger partial charge < -0.3 is 14.4 Å². The van der Waals surface area contributed by atoms with E-state index in [1.165, 1.54) is 36.4 Å². The Labute approximate surface area is 138 Å². The highest BCUT2D eigenvalue weighted by atomic mass is 19.4.